The first-order valence-corrected chi connectivity index (χ1v) is 9.47. The van der Waals surface area contributed by atoms with Crippen LogP contribution in [0.25, 0.3) is 22.8 Å². The molecular formula is C19H16N6O2S. The number of amides is 1. The van der Waals surface area contributed by atoms with E-state index in [-0.39, 0.29) is 5.91 Å². The number of hydrogen-bond donors (Lipinski definition) is 2. The topological polar surface area (TPSA) is 110 Å². The molecule has 9 heteroatoms. The quantitative estimate of drug-likeness (QED) is 0.481. The summed E-state index contributed by atoms with van der Waals surface area (Å²) in [5.74, 6) is 1.94. The van der Waals surface area contributed by atoms with Crippen LogP contribution in [0.4, 0.5) is 5.69 Å². The number of aromatic amines is 1. The van der Waals surface area contributed by atoms with Crippen molar-refractivity contribution in [1.82, 2.24) is 25.4 Å². The molecule has 0 spiro atoms. The van der Waals surface area contributed by atoms with Crippen LogP contribution in [-0.2, 0) is 10.5 Å². The minimum absolute atomic E-state index is 0.125. The third-order valence-corrected chi connectivity index (χ3v) is 4.57. The summed E-state index contributed by atoms with van der Waals surface area (Å²) in [6.45, 7) is 1.47. The van der Waals surface area contributed by atoms with E-state index >= 15 is 0 Å². The summed E-state index contributed by atoms with van der Waals surface area (Å²) in [6.07, 6.45) is 0. The number of carbonyl (C=O) groups is 1. The highest BCUT2D eigenvalue weighted by Gasteiger charge is 2.11. The van der Waals surface area contributed by atoms with Gasteiger partial charge >= 0.3 is 0 Å². The van der Waals surface area contributed by atoms with Crippen molar-refractivity contribution >= 4 is 23.4 Å². The van der Waals surface area contributed by atoms with E-state index in [0.29, 0.717) is 34.2 Å². The molecule has 0 atom stereocenters. The predicted octanol–water partition coefficient (Wildman–Crippen LogP) is 3.77. The molecule has 4 rings (SSSR count). The fourth-order valence-electron chi connectivity index (χ4n) is 2.52. The molecule has 4 aromatic rings. The van der Waals surface area contributed by atoms with Gasteiger partial charge in [-0.15, -0.1) is 15.3 Å². The van der Waals surface area contributed by atoms with Crippen LogP contribution in [0.5, 0.6) is 0 Å². The minimum atomic E-state index is -0.125. The number of H-pyrrole nitrogens is 1. The van der Waals surface area contributed by atoms with Crippen molar-refractivity contribution in [3.8, 4) is 22.8 Å². The lowest BCUT2D eigenvalue weighted by molar-refractivity contribution is -0.114. The zero-order valence-electron chi connectivity index (χ0n) is 14.9. The number of rotatable bonds is 6. The summed E-state index contributed by atoms with van der Waals surface area (Å²) < 4.78 is 5.69. The molecule has 2 N–H and O–H groups in total. The molecule has 0 saturated heterocycles. The van der Waals surface area contributed by atoms with Crippen molar-refractivity contribution in [3.05, 3.63) is 60.5 Å². The second-order valence-electron chi connectivity index (χ2n) is 5.88. The third kappa shape index (κ3) is 4.26. The SMILES string of the molecule is CC(=O)Nc1cccc(-c2nc(SCc3nnc(-c4ccccc4)o3)n[nH]2)c1. The first kappa shape index (κ1) is 17.9. The van der Waals surface area contributed by atoms with Gasteiger partial charge in [-0.2, -0.15) is 0 Å². The average Bonchev–Trinajstić information content (AvgIpc) is 3.36. The standard InChI is InChI=1S/C19H16N6O2S/c1-12(26)20-15-9-5-8-14(10-15)17-21-19(25-23-17)28-11-16-22-24-18(27-16)13-6-3-2-4-7-13/h2-10H,11H2,1H3,(H,20,26)(H,21,23,25). The maximum atomic E-state index is 11.2. The molecular weight excluding hydrogens is 376 g/mol. The van der Waals surface area contributed by atoms with E-state index in [1.54, 1.807) is 0 Å². The molecule has 0 saturated carbocycles. The van der Waals surface area contributed by atoms with Gasteiger partial charge in [0.1, 0.15) is 0 Å². The number of nitrogens with one attached hydrogen (secondary N) is 2. The molecule has 0 aliphatic rings. The summed E-state index contributed by atoms with van der Waals surface area (Å²) >= 11 is 1.39. The van der Waals surface area contributed by atoms with Crippen LogP contribution in [-0.4, -0.2) is 31.3 Å². The number of nitrogens with zero attached hydrogens (tertiary/aromatic N) is 4. The van der Waals surface area contributed by atoms with E-state index < -0.39 is 0 Å². The second-order valence-corrected chi connectivity index (χ2v) is 6.83. The van der Waals surface area contributed by atoms with Crippen LogP contribution in [0.1, 0.15) is 12.8 Å². The first-order valence-electron chi connectivity index (χ1n) is 8.48. The maximum Gasteiger partial charge on any atom is 0.247 e. The molecule has 0 fully saturated rings. The maximum absolute atomic E-state index is 11.2. The lowest BCUT2D eigenvalue weighted by Gasteiger charge is -2.03. The lowest BCUT2D eigenvalue weighted by atomic mass is 10.2. The van der Waals surface area contributed by atoms with Crippen LogP contribution in [0.2, 0.25) is 0 Å². The van der Waals surface area contributed by atoms with Gasteiger partial charge in [0.25, 0.3) is 0 Å². The summed E-state index contributed by atoms with van der Waals surface area (Å²) in [5.41, 5.74) is 2.41. The van der Waals surface area contributed by atoms with Crippen LogP contribution in [0, 0.1) is 0 Å². The Morgan fingerprint density at radius 3 is 2.75 bits per heavy atom. The number of carbonyl (C=O) groups excluding carboxylic acids is 1. The second kappa shape index (κ2) is 8.05. The highest BCUT2D eigenvalue weighted by molar-refractivity contribution is 7.98. The van der Waals surface area contributed by atoms with Crippen LogP contribution in [0.15, 0.2) is 64.2 Å². The molecule has 2 heterocycles. The summed E-state index contributed by atoms with van der Waals surface area (Å²) in [6, 6.07) is 17.0. The van der Waals surface area contributed by atoms with E-state index in [9.17, 15) is 4.79 Å². The van der Waals surface area contributed by atoms with E-state index in [4.69, 9.17) is 4.42 Å². The largest absolute Gasteiger partial charge is 0.420 e. The highest BCUT2D eigenvalue weighted by atomic mass is 32.2. The summed E-state index contributed by atoms with van der Waals surface area (Å²) in [7, 11) is 0. The Hall–Kier alpha value is -3.46. The van der Waals surface area contributed by atoms with Gasteiger partial charge in [0.2, 0.25) is 22.8 Å². The lowest BCUT2D eigenvalue weighted by Crippen LogP contribution is -2.05. The van der Waals surface area contributed by atoms with E-state index in [1.807, 2.05) is 54.6 Å². The molecule has 28 heavy (non-hydrogen) atoms. The molecule has 140 valence electrons. The van der Waals surface area contributed by atoms with Crippen molar-refractivity contribution in [2.75, 3.05) is 5.32 Å². The van der Waals surface area contributed by atoms with Gasteiger partial charge in [0, 0.05) is 23.7 Å². The van der Waals surface area contributed by atoms with E-state index in [1.165, 1.54) is 18.7 Å². The molecule has 0 bridgehead atoms. The smallest absolute Gasteiger partial charge is 0.247 e. The highest BCUT2D eigenvalue weighted by Crippen LogP contribution is 2.25. The van der Waals surface area contributed by atoms with Crippen LogP contribution < -0.4 is 5.32 Å². The molecule has 2 aromatic carbocycles. The van der Waals surface area contributed by atoms with Crippen molar-refractivity contribution in [1.29, 1.82) is 0 Å². The third-order valence-electron chi connectivity index (χ3n) is 3.73. The first-order chi connectivity index (χ1) is 13.7. The van der Waals surface area contributed by atoms with Crippen LogP contribution >= 0.6 is 11.8 Å². The number of anilines is 1. The fraction of sp³-hybridized carbons (Fsp3) is 0.105. The van der Waals surface area contributed by atoms with Crippen molar-refractivity contribution in [3.63, 3.8) is 0 Å². The fourth-order valence-corrected chi connectivity index (χ4v) is 3.16. The van der Waals surface area contributed by atoms with Gasteiger partial charge in [0.05, 0.1) is 5.75 Å². The van der Waals surface area contributed by atoms with Gasteiger partial charge in [-0.05, 0) is 24.3 Å². The molecule has 0 radical (unpaired) electrons. The zero-order chi connectivity index (χ0) is 19.3. The van der Waals surface area contributed by atoms with Crippen LogP contribution in [0.3, 0.4) is 0 Å². The Kier molecular flexibility index (Phi) is 5.16. The Bertz CT molecular complexity index is 1090. The molecule has 1 amide bonds. The molecule has 2 aromatic heterocycles. The van der Waals surface area contributed by atoms with Gasteiger partial charge < -0.3 is 9.73 Å². The minimum Gasteiger partial charge on any atom is -0.420 e. The monoisotopic (exact) mass is 392 g/mol. The summed E-state index contributed by atoms with van der Waals surface area (Å²) in [5, 5.41) is 18.6. The summed E-state index contributed by atoms with van der Waals surface area (Å²) in [4.78, 5) is 15.7. The Labute approximate surface area is 164 Å². The van der Waals surface area contributed by atoms with Gasteiger partial charge in [0.15, 0.2) is 5.82 Å². The van der Waals surface area contributed by atoms with Gasteiger partial charge in [-0.1, -0.05) is 42.1 Å². The number of aromatic nitrogens is 5. The molecule has 0 aliphatic heterocycles. The molecule has 0 aliphatic carbocycles. The van der Waals surface area contributed by atoms with E-state index in [0.717, 1.165) is 11.1 Å². The Morgan fingerprint density at radius 1 is 1.11 bits per heavy atom. The van der Waals surface area contributed by atoms with Crippen molar-refractivity contribution in [2.45, 2.75) is 17.8 Å². The number of benzene rings is 2. The average molecular weight is 392 g/mol. The molecule has 8 nitrogen and oxygen atoms in total. The van der Waals surface area contributed by atoms with Crippen molar-refractivity contribution < 1.29 is 9.21 Å². The van der Waals surface area contributed by atoms with Crippen molar-refractivity contribution in [2.24, 2.45) is 0 Å². The number of thioether (sulfide) groups is 1. The Morgan fingerprint density at radius 2 is 1.93 bits per heavy atom. The van der Waals surface area contributed by atoms with Gasteiger partial charge in [-0.25, -0.2) is 4.98 Å². The Balaban J connectivity index is 1.42. The van der Waals surface area contributed by atoms with E-state index in [2.05, 4.69) is 30.7 Å². The normalized spacial score (nSPS) is 10.8. The zero-order valence-corrected chi connectivity index (χ0v) is 15.7. The van der Waals surface area contributed by atoms with Gasteiger partial charge in [-0.3, -0.25) is 9.89 Å². The number of hydrogen-bond acceptors (Lipinski definition) is 7. The molecule has 0 unspecified atom stereocenters. The predicted molar refractivity (Wildman–Crippen MR) is 105 cm³/mol.